The Hall–Kier alpha value is -0.860. The molecule has 0 bridgehead atoms. The van der Waals surface area contributed by atoms with E-state index in [4.69, 9.17) is 0 Å². The molecule has 102 valence electrons. The van der Waals surface area contributed by atoms with E-state index in [1.807, 2.05) is 0 Å². The molecule has 0 amide bonds. The molecule has 0 saturated heterocycles. The minimum Gasteiger partial charge on any atom is -0.316 e. The highest BCUT2D eigenvalue weighted by Gasteiger charge is 2.12. The first-order valence-electron chi connectivity index (χ1n) is 7.05. The van der Waals surface area contributed by atoms with Gasteiger partial charge in [-0.3, -0.25) is 0 Å². The molecule has 2 N–H and O–H groups in total. The molecule has 0 radical (unpaired) electrons. The van der Waals surface area contributed by atoms with Crippen LogP contribution in [-0.2, 0) is 11.8 Å². The van der Waals surface area contributed by atoms with Gasteiger partial charge in [0.1, 0.15) is 0 Å². The fourth-order valence-corrected chi connectivity index (χ4v) is 1.88. The molecule has 0 aliphatic heterocycles. The average Bonchev–Trinajstić information content (AvgIpc) is 2.33. The SMILES string of the molecule is CCNCCNCCc1ccc(C(C)(C)C)cc1. The van der Waals surface area contributed by atoms with Crippen LogP contribution in [0.4, 0.5) is 0 Å². The van der Waals surface area contributed by atoms with Gasteiger partial charge >= 0.3 is 0 Å². The topological polar surface area (TPSA) is 24.1 Å². The van der Waals surface area contributed by atoms with Crippen LogP contribution in [0.3, 0.4) is 0 Å². The fourth-order valence-electron chi connectivity index (χ4n) is 1.88. The molecule has 1 aromatic carbocycles. The Kier molecular flexibility index (Phi) is 6.37. The second kappa shape index (κ2) is 7.55. The summed E-state index contributed by atoms with van der Waals surface area (Å²) in [7, 11) is 0. The van der Waals surface area contributed by atoms with Crippen LogP contribution in [0.2, 0.25) is 0 Å². The zero-order valence-corrected chi connectivity index (χ0v) is 12.3. The van der Waals surface area contributed by atoms with Gasteiger partial charge in [0.2, 0.25) is 0 Å². The van der Waals surface area contributed by atoms with E-state index in [1.54, 1.807) is 0 Å². The molecule has 0 aliphatic carbocycles. The molecule has 0 saturated carbocycles. The molecule has 0 aromatic heterocycles. The van der Waals surface area contributed by atoms with Crippen molar-refractivity contribution in [2.24, 2.45) is 0 Å². The quantitative estimate of drug-likeness (QED) is 0.725. The molecule has 0 fully saturated rings. The van der Waals surface area contributed by atoms with Crippen LogP contribution in [0, 0.1) is 0 Å². The van der Waals surface area contributed by atoms with Crippen molar-refractivity contribution in [3.8, 4) is 0 Å². The minimum absolute atomic E-state index is 0.253. The van der Waals surface area contributed by atoms with Crippen molar-refractivity contribution < 1.29 is 0 Å². The van der Waals surface area contributed by atoms with E-state index in [0.717, 1.165) is 32.6 Å². The summed E-state index contributed by atoms with van der Waals surface area (Å²) >= 11 is 0. The van der Waals surface area contributed by atoms with Gasteiger partial charge in [-0.2, -0.15) is 0 Å². The summed E-state index contributed by atoms with van der Waals surface area (Å²) < 4.78 is 0. The molecule has 0 spiro atoms. The number of nitrogens with one attached hydrogen (secondary N) is 2. The molecule has 2 nitrogen and oxygen atoms in total. The molecule has 2 heteroatoms. The van der Waals surface area contributed by atoms with Crippen molar-refractivity contribution in [1.82, 2.24) is 10.6 Å². The lowest BCUT2D eigenvalue weighted by molar-refractivity contribution is 0.589. The maximum atomic E-state index is 3.45. The van der Waals surface area contributed by atoms with Crippen molar-refractivity contribution in [3.05, 3.63) is 35.4 Å². The highest BCUT2D eigenvalue weighted by molar-refractivity contribution is 5.27. The molecule has 0 heterocycles. The predicted octanol–water partition coefficient (Wildman–Crippen LogP) is 2.73. The normalized spacial score (nSPS) is 11.8. The first-order chi connectivity index (χ1) is 8.54. The molecule has 1 aromatic rings. The molecule has 0 aliphatic rings. The Morgan fingerprint density at radius 3 is 2.06 bits per heavy atom. The number of benzene rings is 1. The van der Waals surface area contributed by atoms with E-state index >= 15 is 0 Å². The smallest absolute Gasteiger partial charge is 0.00768 e. The van der Waals surface area contributed by atoms with Crippen molar-refractivity contribution in [1.29, 1.82) is 0 Å². The molecular formula is C16H28N2. The lowest BCUT2D eigenvalue weighted by Crippen LogP contribution is -2.28. The molecule has 0 unspecified atom stereocenters. The first kappa shape index (κ1) is 15.2. The zero-order chi connectivity index (χ0) is 13.4. The summed E-state index contributed by atoms with van der Waals surface area (Å²) in [5.74, 6) is 0. The monoisotopic (exact) mass is 248 g/mol. The Balaban J connectivity index is 2.27. The number of hydrogen-bond donors (Lipinski definition) is 2. The third-order valence-corrected chi connectivity index (χ3v) is 3.14. The Morgan fingerprint density at radius 2 is 1.50 bits per heavy atom. The predicted molar refractivity (Wildman–Crippen MR) is 80.3 cm³/mol. The Morgan fingerprint density at radius 1 is 0.889 bits per heavy atom. The van der Waals surface area contributed by atoms with Crippen molar-refractivity contribution in [2.75, 3.05) is 26.2 Å². The molecular weight excluding hydrogens is 220 g/mol. The van der Waals surface area contributed by atoms with Crippen LogP contribution in [0.25, 0.3) is 0 Å². The summed E-state index contributed by atoms with van der Waals surface area (Å²) in [6, 6.07) is 9.03. The zero-order valence-electron chi connectivity index (χ0n) is 12.3. The number of likely N-dealkylation sites (N-methyl/N-ethyl adjacent to an activating group) is 1. The summed E-state index contributed by atoms with van der Waals surface area (Å²) in [5.41, 5.74) is 3.08. The highest BCUT2D eigenvalue weighted by atomic mass is 14.9. The molecule has 1 rings (SSSR count). The number of rotatable bonds is 7. The van der Waals surface area contributed by atoms with Gasteiger partial charge < -0.3 is 10.6 Å². The largest absolute Gasteiger partial charge is 0.316 e. The van der Waals surface area contributed by atoms with Crippen LogP contribution < -0.4 is 10.6 Å². The van der Waals surface area contributed by atoms with E-state index in [0.29, 0.717) is 0 Å². The first-order valence-corrected chi connectivity index (χ1v) is 7.05. The van der Waals surface area contributed by atoms with Gasteiger partial charge in [-0.15, -0.1) is 0 Å². The van der Waals surface area contributed by atoms with E-state index in [9.17, 15) is 0 Å². The second-order valence-electron chi connectivity index (χ2n) is 5.80. The maximum absolute atomic E-state index is 3.45. The van der Waals surface area contributed by atoms with Crippen molar-refractivity contribution in [3.63, 3.8) is 0 Å². The summed E-state index contributed by atoms with van der Waals surface area (Å²) in [5, 5.41) is 6.76. The number of hydrogen-bond acceptors (Lipinski definition) is 2. The highest BCUT2D eigenvalue weighted by Crippen LogP contribution is 2.22. The fraction of sp³-hybridized carbons (Fsp3) is 0.625. The van der Waals surface area contributed by atoms with Crippen LogP contribution >= 0.6 is 0 Å². The average molecular weight is 248 g/mol. The van der Waals surface area contributed by atoms with Gasteiger partial charge in [0.25, 0.3) is 0 Å². The van der Waals surface area contributed by atoms with Gasteiger partial charge in [-0.1, -0.05) is 52.0 Å². The summed E-state index contributed by atoms with van der Waals surface area (Å²) in [4.78, 5) is 0. The van der Waals surface area contributed by atoms with Crippen LogP contribution in [-0.4, -0.2) is 26.2 Å². The van der Waals surface area contributed by atoms with E-state index < -0.39 is 0 Å². The lowest BCUT2D eigenvalue weighted by Gasteiger charge is -2.19. The van der Waals surface area contributed by atoms with Crippen LogP contribution in [0.5, 0.6) is 0 Å². The second-order valence-corrected chi connectivity index (χ2v) is 5.80. The van der Waals surface area contributed by atoms with Gasteiger partial charge in [-0.25, -0.2) is 0 Å². The third-order valence-electron chi connectivity index (χ3n) is 3.14. The van der Waals surface area contributed by atoms with Gasteiger partial charge in [0.05, 0.1) is 0 Å². The van der Waals surface area contributed by atoms with E-state index in [1.165, 1.54) is 11.1 Å². The molecule has 18 heavy (non-hydrogen) atoms. The standard InChI is InChI=1S/C16H28N2/c1-5-17-12-13-18-11-10-14-6-8-15(9-7-14)16(2,3)4/h6-9,17-18H,5,10-13H2,1-4H3. The Bertz CT molecular complexity index is 322. The Labute approximate surface area is 112 Å². The van der Waals surface area contributed by atoms with Crippen LogP contribution in [0.15, 0.2) is 24.3 Å². The van der Waals surface area contributed by atoms with Crippen molar-refractivity contribution in [2.45, 2.75) is 39.5 Å². The molecule has 0 atom stereocenters. The summed E-state index contributed by atoms with van der Waals surface area (Å²) in [6.07, 6.45) is 1.11. The van der Waals surface area contributed by atoms with E-state index in [-0.39, 0.29) is 5.41 Å². The van der Waals surface area contributed by atoms with Crippen LogP contribution in [0.1, 0.15) is 38.8 Å². The maximum Gasteiger partial charge on any atom is 0.00768 e. The summed E-state index contributed by atoms with van der Waals surface area (Å²) in [6.45, 7) is 13.1. The van der Waals surface area contributed by atoms with Gasteiger partial charge in [-0.05, 0) is 36.1 Å². The van der Waals surface area contributed by atoms with Gasteiger partial charge in [0.15, 0.2) is 0 Å². The van der Waals surface area contributed by atoms with Gasteiger partial charge in [0, 0.05) is 13.1 Å². The van der Waals surface area contributed by atoms with Crippen molar-refractivity contribution >= 4 is 0 Å². The minimum atomic E-state index is 0.253. The van der Waals surface area contributed by atoms with E-state index in [2.05, 4.69) is 62.6 Å². The third kappa shape index (κ3) is 5.65. The lowest BCUT2D eigenvalue weighted by atomic mass is 9.86.